The van der Waals surface area contributed by atoms with Crippen molar-refractivity contribution in [2.45, 2.75) is 59.7 Å². The molecule has 0 aliphatic carbocycles. The van der Waals surface area contributed by atoms with Crippen molar-refractivity contribution in [1.29, 1.82) is 0 Å². The lowest BCUT2D eigenvalue weighted by atomic mass is 10.0. The smallest absolute Gasteiger partial charge is 0.382 e. The van der Waals surface area contributed by atoms with Crippen molar-refractivity contribution in [3.05, 3.63) is 81.4 Å². The van der Waals surface area contributed by atoms with E-state index < -0.39 is 17.9 Å². The molecule has 0 rings (SSSR count). The summed E-state index contributed by atoms with van der Waals surface area (Å²) in [5.74, 6) is 0. The van der Waals surface area contributed by atoms with E-state index in [1.54, 1.807) is 76.5 Å². The van der Waals surface area contributed by atoms with E-state index in [9.17, 15) is 18.3 Å². The van der Waals surface area contributed by atoms with Crippen LogP contribution < -0.4 is 0 Å². The van der Waals surface area contributed by atoms with Crippen molar-refractivity contribution in [3.8, 4) is 0 Å². The molecule has 0 heterocycles. The van der Waals surface area contributed by atoms with Crippen LogP contribution in [0.25, 0.3) is 0 Å². The van der Waals surface area contributed by atoms with E-state index in [4.69, 9.17) is 11.6 Å². The van der Waals surface area contributed by atoms with E-state index in [-0.39, 0.29) is 6.42 Å². The van der Waals surface area contributed by atoms with Crippen LogP contribution in [0.15, 0.2) is 91.4 Å². The lowest BCUT2D eigenvalue weighted by molar-refractivity contribution is -0.0935. The Bertz CT molecular complexity index is 963. The van der Waals surface area contributed by atoms with E-state index in [0.29, 0.717) is 28.4 Å². The number of hydrogen-bond acceptors (Lipinski definition) is 4. The largest absolute Gasteiger partial charge is 0.412 e. The van der Waals surface area contributed by atoms with Gasteiger partial charge in [-0.2, -0.15) is 13.2 Å². The molecule has 1 atom stereocenters. The molecule has 35 heavy (non-hydrogen) atoms. The van der Waals surface area contributed by atoms with Gasteiger partial charge in [0, 0.05) is 42.8 Å². The molecule has 0 aromatic rings. The van der Waals surface area contributed by atoms with Gasteiger partial charge in [0.1, 0.15) is 6.10 Å². The maximum Gasteiger partial charge on any atom is 0.412 e. The minimum atomic E-state index is -4.34. The highest BCUT2D eigenvalue weighted by Crippen LogP contribution is 2.28. The van der Waals surface area contributed by atoms with Gasteiger partial charge in [0.05, 0.1) is 5.70 Å². The zero-order chi connectivity index (χ0) is 27.2. The van der Waals surface area contributed by atoms with Gasteiger partial charge < -0.3 is 10.0 Å². The highest BCUT2D eigenvalue weighted by molar-refractivity contribution is 6.31. The van der Waals surface area contributed by atoms with Crippen LogP contribution in [0.2, 0.25) is 0 Å². The Morgan fingerprint density at radius 3 is 2.20 bits per heavy atom. The van der Waals surface area contributed by atoms with Gasteiger partial charge >= 0.3 is 6.18 Å². The number of rotatable bonds is 12. The Labute approximate surface area is 213 Å². The molecule has 0 aromatic carbocycles. The van der Waals surface area contributed by atoms with Crippen molar-refractivity contribution in [1.82, 2.24) is 4.90 Å². The van der Waals surface area contributed by atoms with Crippen LogP contribution in [0.4, 0.5) is 13.2 Å². The summed E-state index contributed by atoms with van der Waals surface area (Å²) in [6.45, 7) is 12.1. The molecular formula is C27H37ClF3N3O. The summed E-state index contributed by atoms with van der Waals surface area (Å²) in [7, 11) is 3.61. The first-order valence-electron chi connectivity index (χ1n) is 11.1. The molecule has 8 heteroatoms. The van der Waals surface area contributed by atoms with Crippen molar-refractivity contribution in [2.75, 3.05) is 14.1 Å². The number of aliphatic hydroxyl groups is 1. The summed E-state index contributed by atoms with van der Waals surface area (Å²) in [5, 5.41) is 11.4. The Morgan fingerprint density at radius 2 is 1.71 bits per heavy atom. The van der Waals surface area contributed by atoms with Crippen molar-refractivity contribution in [2.24, 2.45) is 9.98 Å². The summed E-state index contributed by atoms with van der Waals surface area (Å²) in [6.07, 6.45) is 7.54. The third kappa shape index (κ3) is 12.6. The average molecular weight is 512 g/mol. The van der Waals surface area contributed by atoms with Crippen LogP contribution in [0.5, 0.6) is 0 Å². The first-order valence-corrected chi connectivity index (χ1v) is 11.5. The second-order valence-corrected chi connectivity index (χ2v) is 8.49. The summed E-state index contributed by atoms with van der Waals surface area (Å²) in [6, 6.07) is 0. The molecule has 4 nitrogen and oxygen atoms in total. The zero-order valence-corrected chi connectivity index (χ0v) is 22.4. The second kappa shape index (κ2) is 16.1. The predicted octanol–water partition coefficient (Wildman–Crippen LogP) is 7.68. The Morgan fingerprint density at radius 1 is 1.09 bits per heavy atom. The van der Waals surface area contributed by atoms with Gasteiger partial charge in [-0.3, -0.25) is 9.98 Å². The molecule has 0 spiro atoms. The molecule has 0 fully saturated rings. The highest BCUT2D eigenvalue weighted by Gasteiger charge is 2.31. The minimum absolute atomic E-state index is 0.0920. The van der Waals surface area contributed by atoms with Crippen LogP contribution in [-0.2, 0) is 0 Å². The molecule has 0 saturated heterocycles. The van der Waals surface area contributed by atoms with E-state index in [1.165, 1.54) is 13.0 Å². The standard InChI is InChI=1S/C27H37ClF3N3O/c1-9-23(27(29,30)31)15-11-19(3)17-20(4)24(28)16-14-22(13-12-21(5)32-6)26(35)25(34(7)8)18-33-10-2/h10-16,18,26,35H,6,9,17H2,1-5,7-8H3/b16-14+,19-11+,21-12+,22-13+,23-15+,24-20-,25-18-,33-10+. The van der Waals surface area contributed by atoms with Gasteiger partial charge in [-0.15, -0.1) is 0 Å². The number of hydrogen-bond donors (Lipinski definition) is 1. The van der Waals surface area contributed by atoms with Gasteiger partial charge in [-0.05, 0) is 65.0 Å². The molecule has 1 unspecified atom stereocenters. The molecule has 194 valence electrons. The quantitative estimate of drug-likeness (QED) is 0.216. The lowest BCUT2D eigenvalue weighted by Crippen LogP contribution is -2.24. The van der Waals surface area contributed by atoms with E-state index in [0.717, 1.165) is 17.2 Å². The fourth-order valence-corrected chi connectivity index (χ4v) is 2.92. The van der Waals surface area contributed by atoms with Crippen LogP contribution in [0.3, 0.4) is 0 Å². The summed E-state index contributed by atoms with van der Waals surface area (Å²) in [4.78, 5) is 9.73. The van der Waals surface area contributed by atoms with E-state index in [2.05, 4.69) is 16.7 Å². The fraction of sp³-hybridized carbons (Fsp3) is 0.407. The molecule has 0 bridgehead atoms. The van der Waals surface area contributed by atoms with Crippen LogP contribution >= 0.6 is 11.6 Å². The third-order valence-electron chi connectivity index (χ3n) is 4.92. The normalized spacial score (nSPS) is 16.7. The molecule has 0 saturated carbocycles. The topological polar surface area (TPSA) is 48.2 Å². The number of halogens is 4. The molecule has 0 amide bonds. The summed E-state index contributed by atoms with van der Waals surface area (Å²) >= 11 is 6.47. The van der Waals surface area contributed by atoms with Gasteiger partial charge in [0.15, 0.2) is 0 Å². The van der Waals surface area contributed by atoms with E-state index >= 15 is 0 Å². The molecule has 0 radical (unpaired) electrons. The van der Waals surface area contributed by atoms with Gasteiger partial charge in [-0.1, -0.05) is 54.0 Å². The molecular weight excluding hydrogens is 475 g/mol. The Balaban J connectivity index is 6.07. The molecule has 0 aliphatic rings. The number of nitrogens with zero attached hydrogens (tertiary/aromatic N) is 3. The highest BCUT2D eigenvalue weighted by atomic mass is 35.5. The number of likely N-dealkylation sites (N-methyl/N-ethyl adjacent to an activating group) is 1. The third-order valence-corrected chi connectivity index (χ3v) is 5.37. The number of allylic oxidation sites excluding steroid dienone is 10. The summed E-state index contributed by atoms with van der Waals surface area (Å²) in [5.41, 5.74) is 2.71. The molecule has 0 aliphatic heterocycles. The second-order valence-electron chi connectivity index (χ2n) is 8.09. The van der Waals surface area contributed by atoms with Crippen LogP contribution in [-0.4, -0.2) is 49.3 Å². The maximum atomic E-state index is 12.9. The van der Waals surface area contributed by atoms with Crippen LogP contribution in [0.1, 0.15) is 47.5 Å². The zero-order valence-electron chi connectivity index (χ0n) is 21.6. The van der Waals surface area contributed by atoms with Crippen molar-refractivity contribution < 1.29 is 18.3 Å². The maximum absolute atomic E-state index is 12.9. The van der Waals surface area contributed by atoms with Crippen LogP contribution in [0, 0.1) is 0 Å². The fourth-order valence-electron chi connectivity index (χ4n) is 2.79. The number of aliphatic imine (C=N–C) groups is 2. The van der Waals surface area contributed by atoms with Gasteiger partial charge in [0.25, 0.3) is 0 Å². The van der Waals surface area contributed by atoms with Gasteiger partial charge in [0.2, 0.25) is 0 Å². The van der Waals surface area contributed by atoms with Crippen molar-refractivity contribution >= 4 is 24.5 Å². The monoisotopic (exact) mass is 511 g/mol. The number of alkyl halides is 3. The average Bonchev–Trinajstić information content (AvgIpc) is 2.77. The lowest BCUT2D eigenvalue weighted by Gasteiger charge is -2.22. The predicted molar refractivity (Wildman–Crippen MR) is 144 cm³/mol. The summed E-state index contributed by atoms with van der Waals surface area (Å²) < 4.78 is 38.8. The Kier molecular flexibility index (Phi) is 14.9. The van der Waals surface area contributed by atoms with Crippen molar-refractivity contribution in [3.63, 3.8) is 0 Å². The molecule has 1 N–H and O–H groups in total. The number of aliphatic hydroxyl groups excluding tert-OH is 1. The van der Waals surface area contributed by atoms with Gasteiger partial charge in [-0.25, -0.2) is 0 Å². The first kappa shape index (κ1) is 32.4. The SMILES string of the molecule is C=N/C(C)=C/C=C(\C=C\C(Cl)=C(/C)C/C(C)=C/C=C(\CC)C(F)(F)F)C(O)/C(=C/N=C/C)N(C)C. The van der Waals surface area contributed by atoms with E-state index in [1.807, 2.05) is 6.92 Å². The Hall–Kier alpha value is -2.64. The minimum Gasteiger partial charge on any atom is -0.382 e. The molecule has 0 aromatic heterocycles. The first-order chi connectivity index (χ1) is 16.3.